The third kappa shape index (κ3) is 4.99. The van der Waals surface area contributed by atoms with Crippen LogP contribution in [-0.2, 0) is 14.6 Å². The summed E-state index contributed by atoms with van der Waals surface area (Å²) in [5.41, 5.74) is 2.62. The summed E-state index contributed by atoms with van der Waals surface area (Å²) in [5, 5.41) is 0. The maximum atomic E-state index is 13.1. The molecule has 1 fully saturated rings. The van der Waals surface area contributed by atoms with Crippen molar-refractivity contribution in [1.29, 1.82) is 0 Å². The Kier molecular flexibility index (Phi) is 6.37. The van der Waals surface area contributed by atoms with Crippen molar-refractivity contribution >= 4 is 21.3 Å². The fourth-order valence-corrected chi connectivity index (χ4v) is 5.88. The molecule has 1 amide bonds. The average Bonchev–Trinajstić information content (AvgIpc) is 3.02. The van der Waals surface area contributed by atoms with E-state index in [1.54, 1.807) is 0 Å². The Morgan fingerprint density at radius 1 is 1.30 bits per heavy atom. The number of nitrogens with one attached hydrogen (secondary N) is 1. The molecule has 3 rings (SSSR count). The van der Waals surface area contributed by atoms with Gasteiger partial charge in [0, 0.05) is 18.5 Å². The minimum absolute atomic E-state index is 0.0791. The largest absolute Gasteiger partial charge is 0.331 e. The molecule has 5 nitrogen and oxygen atoms in total. The lowest BCUT2D eigenvalue weighted by atomic mass is 9.99. The smallest absolute Gasteiger partial charge is 0.278 e. The zero-order chi connectivity index (χ0) is 19.4. The molecule has 0 radical (unpaired) electrons. The van der Waals surface area contributed by atoms with Crippen LogP contribution >= 0.6 is 0 Å². The van der Waals surface area contributed by atoms with Crippen LogP contribution in [0, 0.1) is 0 Å². The van der Waals surface area contributed by atoms with Gasteiger partial charge in [0.05, 0.1) is 24.6 Å². The summed E-state index contributed by atoms with van der Waals surface area (Å²) >= 11 is 0. The van der Waals surface area contributed by atoms with E-state index in [-0.39, 0.29) is 29.5 Å². The second-order valence-corrected chi connectivity index (χ2v) is 10.1. The number of benzene rings is 1. The van der Waals surface area contributed by atoms with Gasteiger partial charge in [-0.1, -0.05) is 37.3 Å². The van der Waals surface area contributed by atoms with Crippen molar-refractivity contribution in [3.8, 4) is 0 Å². The number of hydrogen-bond donors (Lipinski definition) is 1. The molecule has 0 saturated carbocycles. The van der Waals surface area contributed by atoms with Gasteiger partial charge in [-0.3, -0.25) is 4.79 Å². The van der Waals surface area contributed by atoms with Crippen LogP contribution in [0.15, 0.2) is 36.4 Å². The molecule has 1 aromatic rings. The van der Waals surface area contributed by atoms with E-state index < -0.39 is 9.84 Å². The van der Waals surface area contributed by atoms with Gasteiger partial charge in [-0.05, 0) is 37.0 Å². The molecule has 6 heteroatoms. The fourth-order valence-electron chi connectivity index (χ4n) is 4.16. The van der Waals surface area contributed by atoms with Crippen molar-refractivity contribution < 1.29 is 18.1 Å². The second-order valence-electron chi connectivity index (χ2n) is 7.84. The number of amides is 1. The Hall–Kier alpha value is -1.66. The maximum Gasteiger partial charge on any atom is 0.278 e. The van der Waals surface area contributed by atoms with Gasteiger partial charge in [0.2, 0.25) is 0 Å². The van der Waals surface area contributed by atoms with Crippen molar-refractivity contribution in [2.45, 2.75) is 45.2 Å². The highest BCUT2D eigenvalue weighted by Gasteiger charge is 2.37. The van der Waals surface area contributed by atoms with E-state index in [1.807, 2.05) is 17.9 Å². The molecule has 2 aliphatic rings. The van der Waals surface area contributed by atoms with Crippen LogP contribution in [0.2, 0.25) is 0 Å². The quantitative estimate of drug-likeness (QED) is 0.792. The van der Waals surface area contributed by atoms with Crippen molar-refractivity contribution in [2.75, 3.05) is 31.1 Å². The highest BCUT2D eigenvalue weighted by atomic mass is 32.2. The van der Waals surface area contributed by atoms with Crippen LogP contribution in [0.1, 0.15) is 38.7 Å². The average molecular weight is 392 g/mol. The standard InChI is InChI=1S/C21H30N2O3S/c1-3-17(2)23(20-11-14-27(25,26)16-20)21(24)15-22-12-9-19(10-13-22)18-7-5-4-6-8-18/h4-9,17,20H,3,10-16H2,1-2H3/p+1/t17-,20-/m0/s1. The minimum Gasteiger partial charge on any atom is -0.331 e. The van der Waals surface area contributed by atoms with E-state index in [2.05, 4.69) is 37.3 Å². The summed E-state index contributed by atoms with van der Waals surface area (Å²) in [6.07, 6.45) is 4.63. The molecule has 0 bridgehead atoms. The van der Waals surface area contributed by atoms with Crippen molar-refractivity contribution in [3.05, 3.63) is 42.0 Å². The number of carbonyl (C=O) groups is 1. The number of carbonyl (C=O) groups excluding carboxylic acids is 1. The van der Waals surface area contributed by atoms with Gasteiger partial charge in [-0.15, -0.1) is 0 Å². The Morgan fingerprint density at radius 3 is 2.59 bits per heavy atom. The monoisotopic (exact) mass is 391 g/mol. The van der Waals surface area contributed by atoms with Gasteiger partial charge in [0.25, 0.3) is 5.91 Å². The van der Waals surface area contributed by atoms with Crippen LogP contribution in [0.25, 0.3) is 5.57 Å². The SMILES string of the molecule is CC[C@H](C)N(C(=O)C[NH+]1CC=C(c2ccccc2)CC1)[C@H]1CCS(=O)(=O)C1. The Labute approximate surface area is 163 Å². The first-order valence-electron chi connectivity index (χ1n) is 9.99. The van der Waals surface area contributed by atoms with Gasteiger partial charge in [-0.2, -0.15) is 0 Å². The summed E-state index contributed by atoms with van der Waals surface area (Å²) < 4.78 is 23.8. The zero-order valence-electron chi connectivity index (χ0n) is 16.4. The van der Waals surface area contributed by atoms with E-state index in [9.17, 15) is 13.2 Å². The summed E-state index contributed by atoms with van der Waals surface area (Å²) in [6.45, 7) is 6.30. The molecule has 1 aromatic carbocycles. The number of nitrogens with zero attached hydrogens (tertiary/aromatic N) is 1. The molecule has 0 spiro atoms. The normalized spacial score (nSPS) is 25.6. The van der Waals surface area contributed by atoms with Crippen LogP contribution in [0.4, 0.5) is 0 Å². The molecule has 148 valence electrons. The summed E-state index contributed by atoms with van der Waals surface area (Å²) in [4.78, 5) is 16.2. The van der Waals surface area contributed by atoms with Gasteiger partial charge in [-0.25, -0.2) is 8.42 Å². The maximum absolute atomic E-state index is 13.1. The lowest BCUT2D eigenvalue weighted by molar-refractivity contribution is -0.887. The van der Waals surface area contributed by atoms with Gasteiger partial charge >= 0.3 is 0 Å². The molecule has 1 unspecified atom stereocenters. The second kappa shape index (κ2) is 8.57. The molecule has 3 atom stereocenters. The lowest BCUT2D eigenvalue weighted by Gasteiger charge is -2.35. The Morgan fingerprint density at radius 2 is 2.04 bits per heavy atom. The third-order valence-electron chi connectivity index (χ3n) is 5.89. The van der Waals surface area contributed by atoms with Crippen LogP contribution in [0.5, 0.6) is 0 Å². The first kappa shape index (κ1) is 20.1. The number of rotatable bonds is 6. The molecule has 0 aliphatic carbocycles. The van der Waals surface area contributed by atoms with Gasteiger partial charge in [0.1, 0.15) is 0 Å². The number of hydrogen-bond acceptors (Lipinski definition) is 3. The molecule has 0 aromatic heterocycles. The molecule has 1 N–H and O–H groups in total. The van der Waals surface area contributed by atoms with E-state index in [0.29, 0.717) is 13.0 Å². The summed E-state index contributed by atoms with van der Waals surface area (Å²) in [6, 6.07) is 10.3. The Balaban J connectivity index is 1.64. The summed E-state index contributed by atoms with van der Waals surface area (Å²) in [5.74, 6) is 0.423. The summed E-state index contributed by atoms with van der Waals surface area (Å²) in [7, 11) is -3.00. The van der Waals surface area contributed by atoms with Crippen LogP contribution < -0.4 is 4.90 Å². The predicted octanol–water partition coefficient (Wildman–Crippen LogP) is 1.17. The van der Waals surface area contributed by atoms with E-state index in [4.69, 9.17) is 0 Å². The molecule has 2 heterocycles. The molecule has 1 saturated heterocycles. The molecule has 2 aliphatic heterocycles. The zero-order valence-corrected chi connectivity index (χ0v) is 17.2. The van der Waals surface area contributed by atoms with Crippen molar-refractivity contribution in [2.24, 2.45) is 0 Å². The minimum atomic E-state index is -3.00. The number of sulfone groups is 1. The Bertz CT molecular complexity index is 789. The van der Waals surface area contributed by atoms with Crippen molar-refractivity contribution in [3.63, 3.8) is 0 Å². The van der Waals surface area contributed by atoms with Crippen molar-refractivity contribution in [1.82, 2.24) is 4.90 Å². The highest BCUT2D eigenvalue weighted by molar-refractivity contribution is 7.91. The number of quaternary nitrogens is 1. The van der Waals surface area contributed by atoms with Gasteiger partial charge in [0.15, 0.2) is 16.4 Å². The molecular weight excluding hydrogens is 360 g/mol. The fraction of sp³-hybridized carbons (Fsp3) is 0.571. The van der Waals surface area contributed by atoms with Crippen LogP contribution in [-0.4, -0.2) is 62.4 Å². The van der Waals surface area contributed by atoms with E-state index in [0.717, 1.165) is 25.9 Å². The molecule has 27 heavy (non-hydrogen) atoms. The van der Waals surface area contributed by atoms with Crippen LogP contribution in [0.3, 0.4) is 0 Å². The van der Waals surface area contributed by atoms with E-state index in [1.165, 1.54) is 16.0 Å². The topological polar surface area (TPSA) is 58.9 Å². The van der Waals surface area contributed by atoms with E-state index >= 15 is 0 Å². The first-order valence-corrected chi connectivity index (χ1v) is 11.8. The highest BCUT2D eigenvalue weighted by Crippen LogP contribution is 2.21. The first-order chi connectivity index (χ1) is 12.9. The van der Waals surface area contributed by atoms with Gasteiger partial charge < -0.3 is 9.80 Å². The predicted molar refractivity (Wildman–Crippen MR) is 108 cm³/mol. The third-order valence-corrected chi connectivity index (χ3v) is 7.64. The lowest BCUT2D eigenvalue weighted by Crippen LogP contribution is -3.13. The molecular formula is C21H31N2O3S+.